The van der Waals surface area contributed by atoms with E-state index in [4.69, 9.17) is 14.2 Å². The minimum atomic E-state index is -0.788. The van der Waals surface area contributed by atoms with E-state index < -0.39 is 6.10 Å². The van der Waals surface area contributed by atoms with Crippen molar-refractivity contribution >= 4 is 17.9 Å². The molecule has 0 aromatic carbocycles. The molecule has 6 heteroatoms. The zero-order valence-corrected chi connectivity index (χ0v) is 37.5. The Morgan fingerprint density at radius 2 is 0.672 bits per heavy atom. The highest BCUT2D eigenvalue weighted by molar-refractivity contribution is 5.71. The topological polar surface area (TPSA) is 78.9 Å². The van der Waals surface area contributed by atoms with Gasteiger partial charge in [-0.25, -0.2) is 0 Å². The summed E-state index contributed by atoms with van der Waals surface area (Å²) in [5.74, 6) is -0.940. The van der Waals surface area contributed by atoms with E-state index in [-0.39, 0.29) is 31.1 Å². The summed E-state index contributed by atoms with van der Waals surface area (Å²) in [4.78, 5) is 37.6. The van der Waals surface area contributed by atoms with Crippen molar-refractivity contribution in [3.63, 3.8) is 0 Å². The fourth-order valence-electron chi connectivity index (χ4n) is 6.15. The molecule has 0 aliphatic carbocycles. The Morgan fingerprint density at radius 3 is 1.05 bits per heavy atom. The number of carbonyl (C=O) groups is 3. The van der Waals surface area contributed by atoms with Gasteiger partial charge in [-0.2, -0.15) is 0 Å². The number of carbonyl (C=O) groups excluding carboxylic acids is 3. The fraction of sp³-hybridized carbons (Fsp3) is 0.673. The lowest BCUT2D eigenvalue weighted by Crippen LogP contribution is -2.30. The van der Waals surface area contributed by atoms with E-state index in [1.54, 1.807) is 0 Å². The maximum atomic E-state index is 12.7. The van der Waals surface area contributed by atoms with Crippen LogP contribution >= 0.6 is 0 Å². The molecule has 1 atom stereocenters. The number of esters is 3. The summed E-state index contributed by atoms with van der Waals surface area (Å²) in [5.41, 5.74) is 0. The molecule has 0 aromatic heterocycles. The average molecular weight is 807 g/mol. The number of hydrogen-bond acceptors (Lipinski definition) is 6. The first-order valence-corrected chi connectivity index (χ1v) is 23.6. The Kier molecular flexibility index (Phi) is 43.6. The molecule has 0 bridgehead atoms. The van der Waals surface area contributed by atoms with Gasteiger partial charge in [-0.15, -0.1) is 0 Å². The van der Waals surface area contributed by atoms with Gasteiger partial charge in [0.2, 0.25) is 0 Å². The zero-order chi connectivity index (χ0) is 42.3. The van der Waals surface area contributed by atoms with E-state index in [1.165, 1.54) is 44.9 Å². The largest absolute Gasteiger partial charge is 0.462 e. The standard InChI is InChI=1S/C52H86O6/c1-4-7-10-13-16-18-20-22-24-26-28-30-32-34-36-39-42-45-51(54)57-48-49(47-56-50(53)44-41-38-15-12-9-6-3)58-52(55)46-43-40-37-35-33-31-29-27-25-23-21-19-17-14-11-8-5-2/h7-8,10-11,16-19,22-25,28,30,49H,4-6,9,12-15,20-21,26-27,29,31-48H2,1-3H3/b10-7-,11-8-,18-16-,19-17-,24-22-,25-23-,30-28-. The molecule has 330 valence electrons. The summed E-state index contributed by atoms with van der Waals surface area (Å²) >= 11 is 0. The number of ether oxygens (including phenoxy) is 3. The molecule has 0 N–H and O–H groups in total. The molecule has 0 aliphatic rings. The number of hydrogen-bond donors (Lipinski definition) is 0. The van der Waals surface area contributed by atoms with Gasteiger partial charge in [-0.1, -0.05) is 183 Å². The third-order valence-electron chi connectivity index (χ3n) is 9.65. The third-order valence-corrected chi connectivity index (χ3v) is 9.65. The summed E-state index contributed by atoms with van der Waals surface area (Å²) in [6.45, 7) is 6.31. The van der Waals surface area contributed by atoms with Crippen LogP contribution in [0, 0.1) is 0 Å². The highest BCUT2D eigenvalue weighted by atomic mass is 16.6. The van der Waals surface area contributed by atoms with E-state index in [2.05, 4.69) is 106 Å². The second-order valence-electron chi connectivity index (χ2n) is 15.3. The molecule has 0 heterocycles. The van der Waals surface area contributed by atoms with Crippen LogP contribution in [-0.2, 0) is 28.6 Å². The molecule has 0 amide bonds. The zero-order valence-electron chi connectivity index (χ0n) is 37.5. The van der Waals surface area contributed by atoms with Crippen LogP contribution in [0.4, 0.5) is 0 Å². The van der Waals surface area contributed by atoms with Crippen molar-refractivity contribution in [3.05, 3.63) is 85.1 Å². The maximum Gasteiger partial charge on any atom is 0.306 e. The monoisotopic (exact) mass is 807 g/mol. The molecule has 0 fully saturated rings. The minimum absolute atomic E-state index is 0.0898. The summed E-state index contributed by atoms with van der Waals surface area (Å²) in [5, 5.41) is 0. The van der Waals surface area contributed by atoms with Gasteiger partial charge in [0, 0.05) is 19.3 Å². The first-order chi connectivity index (χ1) is 28.5. The second kappa shape index (κ2) is 46.3. The van der Waals surface area contributed by atoms with Crippen LogP contribution < -0.4 is 0 Å². The summed E-state index contributed by atoms with van der Waals surface area (Å²) in [7, 11) is 0. The third kappa shape index (κ3) is 43.7. The van der Waals surface area contributed by atoms with Gasteiger partial charge in [-0.3, -0.25) is 14.4 Å². The van der Waals surface area contributed by atoms with Crippen molar-refractivity contribution in [2.75, 3.05) is 13.2 Å². The molecule has 0 radical (unpaired) electrons. The van der Waals surface area contributed by atoms with Gasteiger partial charge in [0.05, 0.1) is 0 Å². The highest BCUT2D eigenvalue weighted by Crippen LogP contribution is 2.13. The van der Waals surface area contributed by atoms with Gasteiger partial charge in [0.25, 0.3) is 0 Å². The van der Waals surface area contributed by atoms with E-state index in [9.17, 15) is 14.4 Å². The van der Waals surface area contributed by atoms with Crippen molar-refractivity contribution < 1.29 is 28.6 Å². The molecular weight excluding hydrogens is 721 g/mol. The van der Waals surface area contributed by atoms with Crippen LogP contribution in [0.2, 0.25) is 0 Å². The first kappa shape index (κ1) is 54.6. The Bertz CT molecular complexity index is 1160. The first-order valence-electron chi connectivity index (χ1n) is 23.6. The van der Waals surface area contributed by atoms with Crippen molar-refractivity contribution in [2.45, 2.75) is 213 Å². The normalized spacial score (nSPS) is 12.8. The van der Waals surface area contributed by atoms with Crippen LogP contribution in [0.5, 0.6) is 0 Å². The summed E-state index contributed by atoms with van der Waals surface area (Å²) in [6.07, 6.45) is 58.7. The van der Waals surface area contributed by atoms with Crippen LogP contribution in [0.1, 0.15) is 207 Å². The Balaban J connectivity index is 4.33. The predicted octanol–water partition coefficient (Wildman–Crippen LogP) is 15.3. The van der Waals surface area contributed by atoms with E-state index in [1.807, 2.05) is 0 Å². The quantitative estimate of drug-likeness (QED) is 0.0265. The maximum absolute atomic E-state index is 12.7. The van der Waals surface area contributed by atoms with Gasteiger partial charge < -0.3 is 14.2 Å². The summed E-state index contributed by atoms with van der Waals surface area (Å²) in [6, 6.07) is 0. The average Bonchev–Trinajstić information content (AvgIpc) is 3.22. The lowest BCUT2D eigenvalue weighted by Gasteiger charge is -2.18. The van der Waals surface area contributed by atoms with Crippen LogP contribution in [0.25, 0.3) is 0 Å². The molecule has 58 heavy (non-hydrogen) atoms. The van der Waals surface area contributed by atoms with Gasteiger partial charge in [0.15, 0.2) is 6.10 Å². The molecular formula is C52H86O6. The van der Waals surface area contributed by atoms with Gasteiger partial charge in [-0.05, 0) is 89.9 Å². The Morgan fingerprint density at radius 1 is 0.362 bits per heavy atom. The number of allylic oxidation sites excluding steroid dienone is 14. The minimum Gasteiger partial charge on any atom is -0.462 e. The number of unbranched alkanes of at least 4 members (excludes halogenated alkanes) is 16. The molecule has 0 rings (SSSR count). The fourth-order valence-corrected chi connectivity index (χ4v) is 6.15. The van der Waals surface area contributed by atoms with Crippen molar-refractivity contribution in [3.8, 4) is 0 Å². The highest BCUT2D eigenvalue weighted by Gasteiger charge is 2.19. The van der Waals surface area contributed by atoms with Crippen LogP contribution in [-0.4, -0.2) is 37.2 Å². The molecule has 0 aromatic rings. The molecule has 0 saturated carbocycles. The van der Waals surface area contributed by atoms with E-state index in [0.717, 1.165) is 122 Å². The molecule has 0 saturated heterocycles. The predicted molar refractivity (Wildman–Crippen MR) is 247 cm³/mol. The molecule has 6 nitrogen and oxygen atoms in total. The molecule has 0 aliphatic heterocycles. The SMILES string of the molecule is CC/C=C\C/C=C\C/C=C\C/C=C\CCCCCCC(=O)OCC(COC(=O)CCCCCCCC)OC(=O)CCCCCCCCC/C=C\C/C=C\C/C=C\CC. The van der Waals surface area contributed by atoms with Gasteiger partial charge >= 0.3 is 17.9 Å². The Hall–Kier alpha value is -3.41. The van der Waals surface area contributed by atoms with Crippen LogP contribution in [0.15, 0.2) is 85.1 Å². The second-order valence-corrected chi connectivity index (χ2v) is 15.3. The van der Waals surface area contributed by atoms with Crippen LogP contribution in [0.3, 0.4) is 0 Å². The molecule has 1 unspecified atom stereocenters. The van der Waals surface area contributed by atoms with E-state index in [0.29, 0.717) is 19.3 Å². The number of rotatable bonds is 41. The lowest BCUT2D eigenvalue weighted by molar-refractivity contribution is -0.167. The molecule has 0 spiro atoms. The summed E-state index contributed by atoms with van der Waals surface area (Å²) < 4.78 is 16.6. The lowest BCUT2D eigenvalue weighted by atomic mass is 10.1. The van der Waals surface area contributed by atoms with E-state index >= 15 is 0 Å². The smallest absolute Gasteiger partial charge is 0.306 e. The van der Waals surface area contributed by atoms with Crippen molar-refractivity contribution in [2.24, 2.45) is 0 Å². The van der Waals surface area contributed by atoms with Crippen molar-refractivity contribution in [1.82, 2.24) is 0 Å². The Labute approximate surface area is 356 Å². The van der Waals surface area contributed by atoms with Gasteiger partial charge in [0.1, 0.15) is 13.2 Å². The van der Waals surface area contributed by atoms with Crippen molar-refractivity contribution in [1.29, 1.82) is 0 Å².